The maximum Gasteiger partial charge on any atom is 0.236 e. The van der Waals surface area contributed by atoms with E-state index in [1.165, 1.54) is 0 Å². The normalized spacial score (nSPS) is 14.4. The molecule has 0 aromatic rings. The predicted octanol–water partition coefficient (Wildman–Crippen LogP) is 1.07. The average molecular weight is 832 g/mol. The fourth-order valence-electron chi connectivity index (χ4n) is 3.19. The summed E-state index contributed by atoms with van der Waals surface area (Å²) in [6, 6.07) is 0. The Hall–Kier alpha value is 0.0200. The molecule has 0 saturated carbocycles. The minimum Gasteiger partial charge on any atom is -0.394 e. The first-order valence-electron chi connectivity index (χ1n) is 14.6. The fraction of sp³-hybridized carbons (Fsp3) is 0.929. The molecule has 6 N–H and O–H groups in total. The van der Waals surface area contributed by atoms with Crippen LogP contribution in [0.2, 0.25) is 0 Å². The highest BCUT2D eigenvalue weighted by Gasteiger charge is 2.37. The molecule has 2 atom stereocenters. The van der Waals surface area contributed by atoms with E-state index in [0.29, 0.717) is 46.2 Å². The molecule has 2 unspecified atom stereocenters. The molecule has 0 aliphatic carbocycles. The molecule has 2 amide bonds. The molecule has 44 heavy (non-hydrogen) atoms. The summed E-state index contributed by atoms with van der Waals surface area (Å²) < 4.78 is 25.3. The number of alkyl halides is 3. The third-order valence-electron chi connectivity index (χ3n) is 6.07. The van der Waals surface area contributed by atoms with E-state index >= 15 is 0 Å². The third-order valence-corrected chi connectivity index (χ3v) is 7.22. The van der Waals surface area contributed by atoms with Gasteiger partial charge in [0.05, 0.1) is 85.6 Å². The molecule has 0 fully saturated rings. The van der Waals surface area contributed by atoms with Crippen molar-refractivity contribution >= 4 is 59.6 Å². The predicted molar refractivity (Wildman–Crippen MR) is 179 cm³/mol. The second-order valence-corrected chi connectivity index (χ2v) is 18.0. The van der Waals surface area contributed by atoms with Gasteiger partial charge in [-0.05, 0) is 41.5 Å². The Kier molecular flexibility index (Phi) is 22.6. The number of carbonyl (C=O) groups excluding carboxylic acids is 2. The molecule has 16 heteroatoms. The molecule has 0 rings (SSSR count). The molecular weight excluding hydrogens is 778 g/mol. The highest BCUT2D eigenvalue weighted by atomic mass is 79.9. The van der Waals surface area contributed by atoms with Crippen LogP contribution in [-0.4, -0.2) is 145 Å². The Morgan fingerprint density at radius 2 is 1.05 bits per heavy atom. The number of hydrogen-bond donors (Lipinski definition) is 6. The summed E-state index contributed by atoms with van der Waals surface area (Å²) in [5.41, 5.74) is -0.812. The number of halogens is 3. The minimum atomic E-state index is -0.915. The van der Waals surface area contributed by atoms with E-state index in [1.807, 2.05) is 13.8 Å². The van der Waals surface area contributed by atoms with Gasteiger partial charge >= 0.3 is 0 Å². The van der Waals surface area contributed by atoms with Gasteiger partial charge in [0.25, 0.3) is 0 Å². The van der Waals surface area contributed by atoms with Gasteiger partial charge in [0.2, 0.25) is 11.8 Å². The van der Waals surface area contributed by atoms with E-state index in [2.05, 4.69) is 63.7 Å². The van der Waals surface area contributed by atoms with Crippen molar-refractivity contribution in [2.24, 2.45) is 5.41 Å². The Bertz CT molecular complexity index is 762. The number of carbonyl (C=O) groups is 2. The second-order valence-electron chi connectivity index (χ2n) is 12.0. The van der Waals surface area contributed by atoms with Crippen molar-refractivity contribution < 1.29 is 48.6 Å². The third kappa shape index (κ3) is 21.7. The van der Waals surface area contributed by atoms with Gasteiger partial charge in [0.1, 0.15) is 12.3 Å². The van der Waals surface area contributed by atoms with Crippen LogP contribution in [0.15, 0.2) is 0 Å². The van der Waals surface area contributed by atoms with Crippen molar-refractivity contribution in [2.45, 2.75) is 66.8 Å². The monoisotopic (exact) mass is 829 g/mol. The summed E-state index contributed by atoms with van der Waals surface area (Å²) in [7, 11) is 0. The van der Waals surface area contributed by atoms with Gasteiger partial charge in [-0.3, -0.25) is 14.9 Å². The number of hydrogen-bond acceptors (Lipinski definition) is 11. The maximum atomic E-state index is 12.7. The van der Waals surface area contributed by atoms with E-state index in [4.69, 9.17) is 28.8 Å². The highest BCUT2D eigenvalue weighted by Crippen LogP contribution is 2.23. The topological polar surface area (TPSA) is 177 Å². The molecular formula is C28H54Br3N3O10. The van der Waals surface area contributed by atoms with Gasteiger partial charge in [0, 0.05) is 25.0 Å². The molecule has 0 aliphatic heterocycles. The van der Waals surface area contributed by atoms with Crippen LogP contribution in [0.25, 0.3) is 0 Å². The van der Waals surface area contributed by atoms with Crippen molar-refractivity contribution in [1.82, 2.24) is 16.0 Å². The van der Waals surface area contributed by atoms with Crippen LogP contribution in [0.4, 0.5) is 0 Å². The fourth-order valence-corrected chi connectivity index (χ4v) is 3.63. The van der Waals surface area contributed by atoms with Gasteiger partial charge in [-0.15, -0.1) is 0 Å². The molecule has 0 aromatic carbocycles. The molecule has 0 spiro atoms. The van der Waals surface area contributed by atoms with Gasteiger partial charge in [-0.2, -0.15) is 0 Å². The van der Waals surface area contributed by atoms with Crippen LogP contribution >= 0.6 is 47.8 Å². The highest BCUT2D eigenvalue weighted by molar-refractivity contribution is 9.10. The van der Waals surface area contributed by atoms with Crippen molar-refractivity contribution in [3.8, 4) is 0 Å². The largest absolute Gasteiger partial charge is 0.394 e. The first-order chi connectivity index (χ1) is 20.3. The summed E-state index contributed by atoms with van der Waals surface area (Å²) in [6.07, 6.45) is -1.80. The Morgan fingerprint density at radius 3 is 1.41 bits per heavy atom. The molecule has 0 saturated heterocycles. The summed E-state index contributed by atoms with van der Waals surface area (Å²) in [4.78, 5) is 25.4. The first kappa shape index (κ1) is 44.0. The van der Waals surface area contributed by atoms with Gasteiger partial charge < -0.3 is 49.6 Å². The smallest absolute Gasteiger partial charge is 0.236 e. The van der Waals surface area contributed by atoms with Gasteiger partial charge in [-0.25, -0.2) is 0 Å². The number of ether oxygens (including phenoxy) is 5. The number of aliphatic hydroxyl groups is 3. The Morgan fingerprint density at radius 1 is 0.659 bits per heavy atom. The van der Waals surface area contributed by atoms with Crippen LogP contribution in [-0.2, 0) is 33.3 Å². The quantitative estimate of drug-likeness (QED) is 0.0397. The lowest BCUT2D eigenvalue weighted by Crippen LogP contribution is -2.58. The van der Waals surface area contributed by atoms with Crippen molar-refractivity contribution in [3.05, 3.63) is 0 Å². The number of nitrogens with one attached hydrogen (secondary N) is 3. The number of amides is 2. The summed E-state index contributed by atoms with van der Waals surface area (Å²) >= 11 is 10.2. The van der Waals surface area contributed by atoms with Crippen LogP contribution in [0.5, 0.6) is 0 Å². The van der Waals surface area contributed by atoms with Gasteiger partial charge in [0.15, 0.2) is 0 Å². The first-order valence-corrected chi connectivity index (χ1v) is 16.9. The van der Waals surface area contributed by atoms with E-state index in [9.17, 15) is 19.8 Å². The number of aliphatic hydroxyl groups excluding tert-OH is 3. The van der Waals surface area contributed by atoms with Crippen LogP contribution < -0.4 is 16.0 Å². The van der Waals surface area contributed by atoms with E-state index in [0.717, 1.165) is 0 Å². The maximum absolute atomic E-state index is 12.7. The van der Waals surface area contributed by atoms with Crippen molar-refractivity contribution in [1.29, 1.82) is 0 Å². The lowest BCUT2D eigenvalue weighted by Gasteiger charge is -2.37. The molecule has 0 aromatic heterocycles. The molecule has 0 radical (unpaired) electrons. The number of rotatable bonds is 27. The van der Waals surface area contributed by atoms with Gasteiger partial charge in [-0.1, -0.05) is 47.8 Å². The zero-order valence-electron chi connectivity index (χ0n) is 26.9. The van der Waals surface area contributed by atoms with Crippen LogP contribution in [0.1, 0.15) is 41.5 Å². The standard InChI is InChI=1S/C28H54Br3N3O10/c1-25(2,29)22(37)32-17-28(18-33-23(38)26(3,4)30,19-34-24(39)27(5,6)31)20-44-14-12-42-10-8-40-7-9-41-11-13-43-16-21(36)15-35/h21-22,32,35-37H,7-20H2,1-6H3,(H,33,38)(H,34,39). The molecule has 0 aliphatic rings. The van der Waals surface area contributed by atoms with Crippen LogP contribution in [0, 0.1) is 5.41 Å². The minimum absolute atomic E-state index is 0.0615. The summed E-state index contributed by atoms with van der Waals surface area (Å²) in [6.45, 7) is 13.8. The molecule has 262 valence electrons. The van der Waals surface area contributed by atoms with Crippen LogP contribution in [0.3, 0.4) is 0 Å². The van der Waals surface area contributed by atoms with Crippen molar-refractivity contribution in [3.63, 3.8) is 0 Å². The molecule has 13 nitrogen and oxygen atoms in total. The van der Waals surface area contributed by atoms with E-state index in [1.54, 1.807) is 27.7 Å². The SMILES string of the molecule is CC(C)(Br)C(=O)NCC(CNC(=O)C(C)(C)Br)(CNC(O)C(C)(C)Br)COCCOCCOCCOCCOCC(O)CO. The summed E-state index contributed by atoms with van der Waals surface area (Å²) in [5, 5.41) is 37.5. The zero-order chi connectivity index (χ0) is 33.9. The van der Waals surface area contributed by atoms with Crippen molar-refractivity contribution in [2.75, 3.05) is 92.3 Å². The van der Waals surface area contributed by atoms with E-state index in [-0.39, 0.29) is 57.9 Å². The zero-order valence-corrected chi connectivity index (χ0v) is 31.6. The molecule has 0 heterocycles. The van der Waals surface area contributed by atoms with E-state index < -0.39 is 30.7 Å². The Labute approximate surface area is 287 Å². The second kappa shape index (κ2) is 22.6. The average Bonchev–Trinajstić information content (AvgIpc) is 2.93. The lowest BCUT2D eigenvalue weighted by atomic mass is 9.87. The Balaban J connectivity index is 4.85. The summed E-state index contributed by atoms with van der Waals surface area (Å²) in [5.74, 6) is -0.453. The lowest BCUT2D eigenvalue weighted by molar-refractivity contribution is -0.124. The molecule has 0 bridgehead atoms.